The zero-order valence-electron chi connectivity index (χ0n) is 23.4. The Kier molecular flexibility index (Phi) is 7.11. The average Bonchev–Trinajstić information content (AvgIpc) is 3.79. The largest absolute Gasteiger partial charge is 2.00 e. The van der Waals surface area contributed by atoms with Gasteiger partial charge in [-0.25, -0.2) is 9.88 Å². The quantitative estimate of drug-likeness (QED) is 0.168. The van der Waals surface area contributed by atoms with E-state index in [1.807, 2.05) is 83.8 Å². The second-order valence-electron chi connectivity index (χ2n) is 11.0. The maximum atomic E-state index is 6.14. The van der Waals surface area contributed by atoms with E-state index in [-0.39, 0.29) is 21.1 Å². The molecule has 0 atom stereocenters. The van der Waals surface area contributed by atoms with Crippen molar-refractivity contribution in [3.63, 3.8) is 0 Å². The van der Waals surface area contributed by atoms with Crippen molar-refractivity contribution in [2.75, 3.05) is 4.90 Å². The maximum Gasteiger partial charge on any atom is 2.00 e. The average molecular weight is 753 g/mol. The van der Waals surface area contributed by atoms with Crippen molar-refractivity contribution in [3.05, 3.63) is 114 Å². The monoisotopic (exact) mass is 752 g/mol. The van der Waals surface area contributed by atoms with E-state index >= 15 is 0 Å². The van der Waals surface area contributed by atoms with E-state index in [0.717, 1.165) is 50.1 Å². The van der Waals surface area contributed by atoms with Crippen molar-refractivity contribution in [1.29, 1.82) is 0 Å². The van der Waals surface area contributed by atoms with E-state index in [1.54, 1.807) is 6.26 Å². The molecule has 42 heavy (non-hydrogen) atoms. The number of fused-ring (bicyclic) bond motifs is 2. The Labute approximate surface area is 261 Å². The molecule has 0 aliphatic rings. The number of nitrogens with zero attached hydrogens (tertiary/aromatic N) is 7. The van der Waals surface area contributed by atoms with Gasteiger partial charge in [-0.2, -0.15) is 4.98 Å². The van der Waals surface area contributed by atoms with Crippen LogP contribution in [0.2, 0.25) is 0 Å². The fraction of sp³-hybridized carbons (Fsp3) is 0.188. The van der Waals surface area contributed by atoms with Crippen molar-refractivity contribution in [3.8, 4) is 0 Å². The molecule has 4 heterocycles. The summed E-state index contributed by atoms with van der Waals surface area (Å²) in [5.41, 5.74) is 4.92. The standard InChI is InChI=1S/C32H27N7OS.Pt/c1-31(2,27-33-21-14-8-9-15-22(21)34-27)25-18-40-29(37-25)39(20-12-6-5-7-13-20)30-38-26(19-41-30)32(3,4)28-35-23-16-10-11-17-24(23)36-28;/h5-19H,1-4H3;/q-2;+2. The molecule has 0 fully saturated rings. The van der Waals surface area contributed by atoms with Gasteiger partial charge >= 0.3 is 27.1 Å². The topological polar surface area (TPSA) is 96.1 Å². The number of hydrogen-bond donors (Lipinski definition) is 0. The van der Waals surface area contributed by atoms with Gasteiger partial charge in [-0.05, 0) is 34.2 Å². The number of benzene rings is 3. The van der Waals surface area contributed by atoms with Crippen LogP contribution in [0.4, 0.5) is 16.8 Å². The molecule has 0 amide bonds. The zero-order chi connectivity index (χ0) is 28.2. The van der Waals surface area contributed by atoms with Gasteiger partial charge in [0.25, 0.3) is 0 Å². The van der Waals surface area contributed by atoms with Crippen LogP contribution in [0.5, 0.6) is 0 Å². The molecule has 0 N–H and O–H groups in total. The first-order valence-corrected chi connectivity index (χ1v) is 14.3. The molecule has 10 heteroatoms. The maximum absolute atomic E-state index is 6.14. The van der Waals surface area contributed by atoms with Gasteiger partial charge in [0.1, 0.15) is 6.26 Å². The van der Waals surface area contributed by atoms with Crippen LogP contribution in [0.1, 0.15) is 50.7 Å². The number of para-hydroxylation sites is 5. The van der Waals surface area contributed by atoms with Crippen LogP contribution in [-0.4, -0.2) is 19.9 Å². The molecule has 0 aliphatic carbocycles. The van der Waals surface area contributed by atoms with Gasteiger partial charge in [0.05, 0.1) is 17.1 Å². The first-order chi connectivity index (χ1) is 19.8. The van der Waals surface area contributed by atoms with Crippen LogP contribution >= 0.6 is 11.3 Å². The number of thiazole rings is 1. The van der Waals surface area contributed by atoms with Crippen molar-refractivity contribution < 1.29 is 25.5 Å². The molecular weight excluding hydrogens is 726 g/mol. The second kappa shape index (κ2) is 10.6. The van der Waals surface area contributed by atoms with Crippen molar-refractivity contribution in [2.24, 2.45) is 0 Å². The Balaban J connectivity index is 0.00000316. The molecule has 0 saturated carbocycles. The fourth-order valence-electron chi connectivity index (χ4n) is 4.79. The van der Waals surface area contributed by atoms with Crippen LogP contribution in [0.15, 0.2) is 94.9 Å². The fourth-order valence-corrected chi connectivity index (χ4v) is 5.79. The molecule has 4 aromatic heterocycles. The summed E-state index contributed by atoms with van der Waals surface area (Å²) in [5, 5.41) is 2.79. The summed E-state index contributed by atoms with van der Waals surface area (Å²) in [5.74, 6) is 1.44. The van der Waals surface area contributed by atoms with Crippen LogP contribution < -0.4 is 14.9 Å². The summed E-state index contributed by atoms with van der Waals surface area (Å²) >= 11 is 1.53. The van der Waals surface area contributed by atoms with Crippen LogP contribution in [0.3, 0.4) is 0 Å². The molecule has 0 spiro atoms. The Bertz CT molecular complexity index is 1800. The van der Waals surface area contributed by atoms with Gasteiger partial charge in [0, 0.05) is 16.2 Å². The normalized spacial score (nSPS) is 12.1. The molecule has 0 bridgehead atoms. The Hall–Kier alpha value is -4.07. The molecule has 7 aromatic rings. The Morgan fingerprint density at radius 2 is 1.21 bits per heavy atom. The van der Waals surface area contributed by atoms with Crippen molar-refractivity contribution >= 4 is 50.2 Å². The van der Waals surface area contributed by atoms with Crippen LogP contribution in [0, 0.1) is 0 Å². The molecule has 0 aliphatic heterocycles. The molecule has 8 nitrogen and oxygen atoms in total. The minimum absolute atomic E-state index is 0. The van der Waals surface area contributed by atoms with Gasteiger partial charge in [0.2, 0.25) is 0 Å². The Morgan fingerprint density at radius 3 is 1.81 bits per heavy atom. The molecule has 3 aromatic carbocycles. The molecule has 0 radical (unpaired) electrons. The summed E-state index contributed by atoms with van der Waals surface area (Å²) in [4.78, 5) is 31.1. The van der Waals surface area contributed by atoms with Gasteiger partial charge in [-0.1, -0.05) is 106 Å². The summed E-state index contributed by atoms with van der Waals surface area (Å²) in [7, 11) is 0. The van der Waals surface area contributed by atoms with E-state index in [2.05, 4.69) is 33.1 Å². The van der Waals surface area contributed by atoms with Gasteiger partial charge in [-0.15, -0.1) is 11.3 Å². The summed E-state index contributed by atoms with van der Waals surface area (Å²) < 4.78 is 6.14. The third-order valence-electron chi connectivity index (χ3n) is 7.45. The summed E-state index contributed by atoms with van der Waals surface area (Å²) in [6, 6.07) is 26.2. The zero-order valence-corrected chi connectivity index (χ0v) is 26.5. The minimum Gasteiger partial charge on any atom is -0.439 e. The predicted molar refractivity (Wildman–Crippen MR) is 161 cm³/mol. The number of imidazole rings is 2. The van der Waals surface area contributed by atoms with E-state index in [9.17, 15) is 0 Å². The third-order valence-corrected chi connectivity index (χ3v) is 8.27. The SMILES string of the molecule is CC(C)(c1coc(N(c2ccccc2)c2nc(C(C)(C)c3nc4ccccc4[n-]3)cs2)n1)c1nc2ccccc2[n-]1.[Pt+2]. The van der Waals surface area contributed by atoms with E-state index < -0.39 is 10.8 Å². The van der Waals surface area contributed by atoms with Crippen molar-refractivity contribution in [2.45, 2.75) is 38.5 Å². The first-order valence-electron chi connectivity index (χ1n) is 13.4. The van der Waals surface area contributed by atoms with Crippen LogP contribution in [0.25, 0.3) is 22.1 Å². The third kappa shape index (κ3) is 4.76. The number of anilines is 3. The van der Waals surface area contributed by atoms with Crippen LogP contribution in [-0.2, 0) is 31.9 Å². The van der Waals surface area contributed by atoms with Gasteiger partial charge in [-0.3, -0.25) is 0 Å². The second-order valence-corrected chi connectivity index (χ2v) is 11.9. The molecule has 212 valence electrons. The molecular formula is C32H27N7OPtS. The van der Waals surface area contributed by atoms with Gasteiger partial charge in [0.15, 0.2) is 5.13 Å². The molecule has 0 saturated heterocycles. The molecule has 7 rings (SSSR count). The Morgan fingerprint density at radius 1 is 0.667 bits per heavy atom. The predicted octanol–water partition coefficient (Wildman–Crippen LogP) is 7.26. The first kappa shape index (κ1) is 28.1. The number of aromatic nitrogens is 6. The minimum atomic E-state index is -0.573. The summed E-state index contributed by atoms with van der Waals surface area (Å²) in [6.45, 7) is 8.32. The summed E-state index contributed by atoms with van der Waals surface area (Å²) in [6.07, 6.45) is 1.69. The number of rotatable bonds is 7. The van der Waals surface area contributed by atoms with Crippen molar-refractivity contribution in [1.82, 2.24) is 29.9 Å². The smallest absolute Gasteiger partial charge is 0.439 e. The van der Waals surface area contributed by atoms with Gasteiger partial charge < -0.3 is 24.4 Å². The van der Waals surface area contributed by atoms with E-state index in [4.69, 9.17) is 34.3 Å². The van der Waals surface area contributed by atoms with E-state index in [1.165, 1.54) is 11.3 Å². The molecule has 0 unspecified atom stereocenters. The number of oxazole rings is 1. The number of hydrogen-bond acceptors (Lipinski definition) is 7. The van der Waals surface area contributed by atoms with E-state index in [0.29, 0.717) is 11.8 Å².